The molecule has 2 aromatic rings. The SMILES string of the molecule is O=C(Cc1ccccc1Cl)c1cccc(OC(F)(F)F)c1. The van der Waals surface area contributed by atoms with Crippen LogP contribution in [0.5, 0.6) is 5.75 Å². The topological polar surface area (TPSA) is 26.3 Å². The summed E-state index contributed by atoms with van der Waals surface area (Å²) in [6.07, 6.45) is -4.78. The van der Waals surface area contributed by atoms with E-state index in [-0.39, 0.29) is 17.8 Å². The van der Waals surface area contributed by atoms with E-state index >= 15 is 0 Å². The summed E-state index contributed by atoms with van der Waals surface area (Å²) >= 11 is 5.95. The number of hydrogen-bond acceptors (Lipinski definition) is 2. The van der Waals surface area contributed by atoms with Crippen LogP contribution in [0.1, 0.15) is 15.9 Å². The first kappa shape index (κ1) is 15.4. The Morgan fingerprint density at radius 3 is 2.48 bits per heavy atom. The Morgan fingerprint density at radius 1 is 1.10 bits per heavy atom. The van der Waals surface area contributed by atoms with Gasteiger partial charge in [-0.3, -0.25) is 4.79 Å². The fraction of sp³-hybridized carbons (Fsp3) is 0.133. The maximum absolute atomic E-state index is 12.1. The second kappa shape index (κ2) is 6.18. The molecule has 0 saturated heterocycles. The van der Waals surface area contributed by atoms with Gasteiger partial charge >= 0.3 is 6.36 Å². The molecule has 0 atom stereocenters. The van der Waals surface area contributed by atoms with Gasteiger partial charge in [0.25, 0.3) is 0 Å². The van der Waals surface area contributed by atoms with Crippen molar-refractivity contribution in [1.82, 2.24) is 0 Å². The van der Waals surface area contributed by atoms with Crippen molar-refractivity contribution in [2.24, 2.45) is 0 Å². The monoisotopic (exact) mass is 314 g/mol. The second-order valence-electron chi connectivity index (χ2n) is 4.27. The lowest BCUT2D eigenvalue weighted by Crippen LogP contribution is -2.17. The molecule has 0 bridgehead atoms. The molecule has 0 spiro atoms. The van der Waals surface area contributed by atoms with E-state index in [4.69, 9.17) is 11.6 Å². The van der Waals surface area contributed by atoms with Gasteiger partial charge in [0, 0.05) is 17.0 Å². The number of ether oxygens (including phenoxy) is 1. The fourth-order valence-corrected chi connectivity index (χ4v) is 1.99. The average Bonchev–Trinajstić information content (AvgIpc) is 2.39. The van der Waals surface area contributed by atoms with Crippen LogP contribution in [0.3, 0.4) is 0 Å². The van der Waals surface area contributed by atoms with Crippen LogP contribution >= 0.6 is 11.6 Å². The number of ketones is 1. The standard InChI is InChI=1S/C15H10ClF3O2/c16-13-7-2-1-4-10(13)9-14(20)11-5-3-6-12(8-11)21-15(17,18)19/h1-8H,9H2. The van der Waals surface area contributed by atoms with E-state index in [0.717, 1.165) is 12.1 Å². The van der Waals surface area contributed by atoms with E-state index in [9.17, 15) is 18.0 Å². The molecule has 6 heteroatoms. The molecule has 21 heavy (non-hydrogen) atoms. The number of rotatable bonds is 4. The van der Waals surface area contributed by atoms with E-state index in [1.807, 2.05) is 0 Å². The molecular formula is C15H10ClF3O2. The molecule has 0 fully saturated rings. The van der Waals surface area contributed by atoms with Crippen LogP contribution in [-0.2, 0) is 6.42 Å². The third-order valence-electron chi connectivity index (χ3n) is 2.70. The minimum atomic E-state index is -4.79. The highest BCUT2D eigenvalue weighted by Gasteiger charge is 2.31. The minimum Gasteiger partial charge on any atom is -0.406 e. The van der Waals surface area contributed by atoms with Gasteiger partial charge in [0.1, 0.15) is 5.75 Å². The van der Waals surface area contributed by atoms with E-state index < -0.39 is 12.1 Å². The van der Waals surface area contributed by atoms with Gasteiger partial charge in [0.2, 0.25) is 0 Å². The van der Waals surface area contributed by atoms with Crippen LogP contribution in [0, 0.1) is 0 Å². The lowest BCUT2D eigenvalue weighted by atomic mass is 10.0. The number of carbonyl (C=O) groups excluding carboxylic acids is 1. The van der Waals surface area contributed by atoms with Crippen LogP contribution in [0.2, 0.25) is 5.02 Å². The molecule has 0 unspecified atom stereocenters. The largest absolute Gasteiger partial charge is 0.573 e. The van der Waals surface area contributed by atoms with Crippen LogP contribution in [0.15, 0.2) is 48.5 Å². The second-order valence-corrected chi connectivity index (χ2v) is 4.67. The summed E-state index contributed by atoms with van der Waals surface area (Å²) in [7, 11) is 0. The van der Waals surface area contributed by atoms with Gasteiger partial charge in [-0.2, -0.15) is 0 Å². The predicted octanol–water partition coefficient (Wildman–Crippen LogP) is 4.66. The Labute approximate surface area is 124 Å². The van der Waals surface area contributed by atoms with Crippen molar-refractivity contribution in [3.05, 3.63) is 64.7 Å². The molecular weight excluding hydrogens is 305 g/mol. The zero-order chi connectivity index (χ0) is 15.5. The summed E-state index contributed by atoms with van der Waals surface area (Å²) in [5.41, 5.74) is 0.753. The van der Waals surface area contributed by atoms with Crippen LogP contribution in [0.25, 0.3) is 0 Å². The molecule has 0 aromatic heterocycles. The number of hydrogen-bond donors (Lipinski definition) is 0. The van der Waals surface area contributed by atoms with Gasteiger partial charge in [-0.25, -0.2) is 0 Å². The zero-order valence-electron chi connectivity index (χ0n) is 10.7. The highest BCUT2D eigenvalue weighted by Crippen LogP contribution is 2.24. The molecule has 2 nitrogen and oxygen atoms in total. The maximum Gasteiger partial charge on any atom is 0.573 e. The number of halogens is 4. The first-order chi connectivity index (χ1) is 9.85. The molecule has 0 heterocycles. The van der Waals surface area contributed by atoms with Crippen molar-refractivity contribution in [3.8, 4) is 5.75 Å². The molecule has 0 N–H and O–H groups in total. The van der Waals surface area contributed by atoms with Crippen LogP contribution in [0.4, 0.5) is 13.2 Å². The summed E-state index contributed by atoms with van der Waals surface area (Å²) in [5, 5.41) is 0.438. The molecule has 2 aromatic carbocycles. The number of benzene rings is 2. The van der Waals surface area contributed by atoms with Crippen molar-refractivity contribution >= 4 is 17.4 Å². The summed E-state index contributed by atoms with van der Waals surface area (Å²) in [6, 6.07) is 11.8. The molecule has 0 radical (unpaired) electrons. The Balaban J connectivity index is 2.16. The van der Waals surface area contributed by atoms with Gasteiger partial charge in [-0.15, -0.1) is 13.2 Å². The summed E-state index contributed by atoms with van der Waals surface area (Å²) < 4.78 is 40.2. The van der Waals surface area contributed by atoms with Crippen LogP contribution in [-0.4, -0.2) is 12.1 Å². The quantitative estimate of drug-likeness (QED) is 0.767. The fourth-order valence-electron chi connectivity index (χ4n) is 1.78. The maximum atomic E-state index is 12.1. The highest BCUT2D eigenvalue weighted by atomic mass is 35.5. The lowest BCUT2D eigenvalue weighted by molar-refractivity contribution is -0.274. The minimum absolute atomic E-state index is 0.00907. The highest BCUT2D eigenvalue weighted by molar-refractivity contribution is 6.31. The molecule has 2 rings (SSSR count). The smallest absolute Gasteiger partial charge is 0.406 e. The molecule has 0 aliphatic rings. The summed E-state index contributed by atoms with van der Waals surface area (Å²) in [6.45, 7) is 0. The molecule has 0 amide bonds. The predicted molar refractivity (Wildman–Crippen MR) is 72.6 cm³/mol. The first-order valence-corrected chi connectivity index (χ1v) is 6.35. The van der Waals surface area contributed by atoms with Gasteiger partial charge in [-0.05, 0) is 23.8 Å². The van der Waals surface area contributed by atoms with Crippen LogP contribution < -0.4 is 4.74 Å². The van der Waals surface area contributed by atoms with E-state index in [0.29, 0.717) is 10.6 Å². The summed E-state index contributed by atoms with van der Waals surface area (Å²) in [5.74, 6) is -0.761. The van der Waals surface area contributed by atoms with Crippen molar-refractivity contribution in [3.63, 3.8) is 0 Å². The third kappa shape index (κ3) is 4.49. The van der Waals surface area contributed by atoms with Crippen molar-refractivity contribution in [1.29, 1.82) is 0 Å². The number of alkyl halides is 3. The van der Waals surface area contributed by atoms with Crippen molar-refractivity contribution < 1.29 is 22.7 Å². The summed E-state index contributed by atoms with van der Waals surface area (Å²) in [4.78, 5) is 12.1. The number of Topliss-reactive ketones (excluding diaryl/α,β-unsaturated/α-hetero) is 1. The molecule has 0 aliphatic carbocycles. The first-order valence-electron chi connectivity index (χ1n) is 5.97. The van der Waals surface area contributed by atoms with Gasteiger partial charge in [-0.1, -0.05) is 41.9 Å². The molecule has 110 valence electrons. The van der Waals surface area contributed by atoms with Gasteiger partial charge in [0.15, 0.2) is 5.78 Å². The van der Waals surface area contributed by atoms with Crippen molar-refractivity contribution in [2.45, 2.75) is 12.8 Å². The third-order valence-corrected chi connectivity index (χ3v) is 3.07. The Morgan fingerprint density at radius 2 is 1.81 bits per heavy atom. The zero-order valence-corrected chi connectivity index (χ0v) is 11.4. The van der Waals surface area contributed by atoms with Gasteiger partial charge in [0.05, 0.1) is 0 Å². The van der Waals surface area contributed by atoms with E-state index in [2.05, 4.69) is 4.74 Å². The van der Waals surface area contributed by atoms with E-state index in [1.165, 1.54) is 12.1 Å². The van der Waals surface area contributed by atoms with Crippen molar-refractivity contribution in [2.75, 3.05) is 0 Å². The molecule has 0 saturated carbocycles. The lowest BCUT2D eigenvalue weighted by Gasteiger charge is -2.10. The Kier molecular flexibility index (Phi) is 4.53. The van der Waals surface area contributed by atoms with E-state index in [1.54, 1.807) is 24.3 Å². The Bertz CT molecular complexity index is 653. The normalized spacial score (nSPS) is 11.2. The molecule has 0 aliphatic heterocycles. The number of carbonyl (C=O) groups is 1. The average molecular weight is 315 g/mol. The van der Waals surface area contributed by atoms with Gasteiger partial charge < -0.3 is 4.74 Å². The Hall–Kier alpha value is -2.01.